The summed E-state index contributed by atoms with van der Waals surface area (Å²) in [6, 6.07) is 7.24. The summed E-state index contributed by atoms with van der Waals surface area (Å²) in [6.45, 7) is 4.00. The summed E-state index contributed by atoms with van der Waals surface area (Å²) < 4.78 is 2.49. The maximum Gasteiger partial charge on any atom is 0.259 e. The van der Waals surface area contributed by atoms with E-state index < -0.39 is 0 Å². The fourth-order valence-corrected chi connectivity index (χ4v) is 3.18. The Hall–Kier alpha value is -1.73. The second kappa shape index (κ2) is 4.99. The molecule has 0 saturated carbocycles. The van der Waals surface area contributed by atoms with Crippen LogP contribution in [0.2, 0.25) is 0 Å². The number of hydrogen-bond donors (Lipinski definition) is 1. The highest BCUT2D eigenvalue weighted by atomic mass is 79.9. The molecule has 0 aliphatic heterocycles. The third-order valence-electron chi connectivity index (χ3n) is 2.99. The SMILES string of the molecule is Cc1sc2nc(NC(=O)c3ccccc3Br)nn2c1C. The van der Waals surface area contributed by atoms with Gasteiger partial charge in [0.15, 0.2) is 0 Å². The van der Waals surface area contributed by atoms with Crippen LogP contribution in [-0.4, -0.2) is 20.5 Å². The lowest BCUT2D eigenvalue weighted by atomic mass is 10.2. The van der Waals surface area contributed by atoms with Gasteiger partial charge in [0.1, 0.15) is 0 Å². The molecule has 5 nitrogen and oxygen atoms in total. The smallest absolute Gasteiger partial charge is 0.259 e. The number of anilines is 1. The van der Waals surface area contributed by atoms with Crippen LogP contribution in [-0.2, 0) is 0 Å². The molecule has 7 heteroatoms. The average Bonchev–Trinajstić information content (AvgIpc) is 2.90. The van der Waals surface area contributed by atoms with E-state index in [1.54, 1.807) is 21.9 Å². The fraction of sp³-hybridized carbons (Fsp3) is 0.154. The molecule has 0 spiro atoms. The quantitative estimate of drug-likeness (QED) is 0.770. The van der Waals surface area contributed by atoms with Crippen molar-refractivity contribution in [2.75, 3.05) is 5.32 Å². The summed E-state index contributed by atoms with van der Waals surface area (Å²) in [5.74, 6) is 0.0882. The van der Waals surface area contributed by atoms with Crippen LogP contribution in [0, 0.1) is 13.8 Å². The topological polar surface area (TPSA) is 59.3 Å². The van der Waals surface area contributed by atoms with Crippen LogP contribution in [0.3, 0.4) is 0 Å². The van der Waals surface area contributed by atoms with Gasteiger partial charge in [0, 0.05) is 9.35 Å². The van der Waals surface area contributed by atoms with Gasteiger partial charge in [0.2, 0.25) is 4.96 Å². The summed E-state index contributed by atoms with van der Waals surface area (Å²) in [6.07, 6.45) is 0. The van der Waals surface area contributed by atoms with Crippen LogP contribution in [0.15, 0.2) is 28.7 Å². The minimum absolute atomic E-state index is 0.231. The molecular weight excluding hydrogens is 340 g/mol. The molecule has 2 heterocycles. The molecule has 0 unspecified atom stereocenters. The van der Waals surface area contributed by atoms with Crippen LogP contribution in [0.4, 0.5) is 5.95 Å². The molecule has 0 aliphatic carbocycles. The molecule has 0 fully saturated rings. The first-order valence-electron chi connectivity index (χ1n) is 5.95. The molecule has 2 aromatic heterocycles. The van der Waals surface area contributed by atoms with Crippen LogP contribution in [0.1, 0.15) is 20.9 Å². The Morgan fingerprint density at radius 3 is 2.80 bits per heavy atom. The molecule has 3 rings (SSSR count). The molecule has 0 aliphatic rings. The van der Waals surface area contributed by atoms with E-state index in [-0.39, 0.29) is 5.91 Å². The van der Waals surface area contributed by atoms with E-state index in [0.29, 0.717) is 11.5 Å². The van der Waals surface area contributed by atoms with Crippen molar-refractivity contribution in [3.05, 3.63) is 44.9 Å². The van der Waals surface area contributed by atoms with Gasteiger partial charge in [0.05, 0.1) is 11.3 Å². The lowest BCUT2D eigenvalue weighted by Crippen LogP contribution is -2.13. The Kier molecular flexibility index (Phi) is 3.31. The highest BCUT2D eigenvalue weighted by molar-refractivity contribution is 9.10. The van der Waals surface area contributed by atoms with Crippen molar-refractivity contribution in [1.82, 2.24) is 14.6 Å². The third-order valence-corrected chi connectivity index (χ3v) is 4.73. The lowest BCUT2D eigenvalue weighted by molar-refractivity contribution is 0.102. The van der Waals surface area contributed by atoms with E-state index in [1.807, 2.05) is 32.0 Å². The Balaban J connectivity index is 1.90. The predicted molar refractivity (Wildman–Crippen MR) is 82.4 cm³/mol. The van der Waals surface area contributed by atoms with E-state index in [1.165, 1.54) is 4.88 Å². The number of aryl methyl sites for hydroxylation is 2. The molecule has 1 aromatic carbocycles. The van der Waals surface area contributed by atoms with Crippen molar-refractivity contribution in [1.29, 1.82) is 0 Å². The Morgan fingerprint density at radius 1 is 1.35 bits per heavy atom. The zero-order chi connectivity index (χ0) is 14.3. The highest BCUT2D eigenvalue weighted by Crippen LogP contribution is 2.22. The van der Waals surface area contributed by atoms with Gasteiger partial charge in [-0.05, 0) is 41.9 Å². The largest absolute Gasteiger partial charge is 0.289 e. The predicted octanol–water partition coefficient (Wildman–Crippen LogP) is 3.42. The normalized spacial score (nSPS) is 10.9. The number of amides is 1. The van der Waals surface area contributed by atoms with Gasteiger partial charge < -0.3 is 0 Å². The number of carbonyl (C=O) groups excluding carboxylic acids is 1. The number of nitrogens with zero attached hydrogens (tertiary/aromatic N) is 3. The Bertz CT molecular complexity index is 808. The van der Waals surface area contributed by atoms with Gasteiger partial charge in [-0.1, -0.05) is 23.5 Å². The summed E-state index contributed by atoms with van der Waals surface area (Å²) in [5.41, 5.74) is 1.59. The van der Waals surface area contributed by atoms with E-state index >= 15 is 0 Å². The number of rotatable bonds is 2. The first-order valence-corrected chi connectivity index (χ1v) is 7.56. The number of aromatic nitrogens is 3. The third kappa shape index (κ3) is 2.23. The van der Waals surface area contributed by atoms with E-state index in [4.69, 9.17) is 0 Å². The summed E-state index contributed by atoms with van der Waals surface area (Å²) in [4.78, 5) is 18.4. The number of halogens is 1. The van der Waals surface area contributed by atoms with E-state index in [9.17, 15) is 4.79 Å². The van der Waals surface area contributed by atoms with Gasteiger partial charge in [-0.25, -0.2) is 4.52 Å². The van der Waals surface area contributed by atoms with Crippen LogP contribution in [0.5, 0.6) is 0 Å². The van der Waals surface area contributed by atoms with Crippen LogP contribution < -0.4 is 5.32 Å². The zero-order valence-corrected chi connectivity index (χ0v) is 13.2. The summed E-state index contributed by atoms with van der Waals surface area (Å²) >= 11 is 4.91. The summed E-state index contributed by atoms with van der Waals surface area (Å²) in [5, 5.41) is 7.01. The van der Waals surface area contributed by atoms with E-state index in [2.05, 4.69) is 31.3 Å². The second-order valence-corrected chi connectivity index (χ2v) is 6.34. The standard InChI is InChI=1S/C13H11BrN4OS/c1-7-8(2)20-13-16-12(17-18(7)13)15-11(19)9-5-3-4-6-10(9)14/h3-6H,1-2H3,(H,15,17,19). The van der Waals surface area contributed by atoms with Crippen molar-refractivity contribution in [3.63, 3.8) is 0 Å². The molecule has 0 bridgehead atoms. The fourth-order valence-electron chi connectivity index (χ4n) is 1.81. The molecule has 0 atom stereocenters. The molecule has 1 N–H and O–H groups in total. The number of hydrogen-bond acceptors (Lipinski definition) is 4. The molecule has 20 heavy (non-hydrogen) atoms. The van der Waals surface area contributed by atoms with Gasteiger partial charge in [-0.3, -0.25) is 10.1 Å². The maximum absolute atomic E-state index is 12.2. The minimum atomic E-state index is -0.231. The van der Waals surface area contributed by atoms with Gasteiger partial charge >= 0.3 is 0 Å². The van der Waals surface area contributed by atoms with Crippen molar-refractivity contribution in [2.45, 2.75) is 13.8 Å². The van der Waals surface area contributed by atoms with Crippen molar-refractivity contribution < 1.29 is 4.79 Å². The van der Waals surface area contributed by atoms with Crippen LogP contribution >= 0.6 is 27.3 Å². The van der Waals surface area contributed by atoms with Crippen LogP contribution in [0.25, 0.3) is 4.96 Å². The number of benzene rings is 1. The van der Waals surface area contributed by atoms with Gasteiger partial charge in [-0.2, -0.15) is 4.98 Å². The van der Waals surface area contributed by atoms with Gasteiger partial charge in [-0.15, -0.1) is 5.10 Å². The molecule has 3 aromatic rings. The maximum atomic E-state index is 12.2. The molecule has 102 valence electrons. The number of carbonyl (C=O) groups is 1. The first kappa shape index (κ1) is 13.3. The molecule has 0 radical (unpaired) electrons. The summed E-state index contributed by atoms with van der Waals surface area (Å²) in [7, 11) is 0. The van der Waals surface area contributed by atoms with Crippen molar-refractivity contribution >= 4 is 44.1 Å². The average molecular weight is 351 g/mol. The monoisotopic (exact) mass is 350 g/mol. The highest BCUT2D eigenvalue weighted by Gasteiger charge is 2.14. The van der Waals surface area contributed by atoms with Gasteiger partial charge in [0.25, 0.3) is 11.9 Å². The molecule has 0 saturated heterocycles. The zero-order valence-electron chi connectivity index (χ0n) is 10.8. The first-order chi connectivity index (χ1) is 9.56. The Labute approximate surface area is 127 Å². The van der Waals surface area contributed by atoms with Crippen molar-refractivity contribution in [3.8, 4) is 0 Å². The van der Waals surface area contributed by atoms with Crippen molar-refractivity contribution in [2.24, 2.45) is 0 Å². The molecular formula is C13H11BrN4OS. The second-order valence-electron chi connectivity index (χ2n) is 4.31. The van der Waals surface area contributed by atoms with E-state index in [0.717, 1.165) is 15.1 Å². The number of thiazole rings is 1. The minimum Gasteiger partial charge on any atom is -0.289 e. The number of fused-ring (bicyclic) bond motifs is 1. The number of nitrogens with one attached hydrogen (secondary N) is 1. The molecule has 1 amide bonds. The Morgan fingerprint density at radius 2 is 2.10 bits per heavy atom. The lowest BCUT2D eigenvalue weighted by Gasteiger charge is -2.02.